The summed E-state index contributed by atoms with van der Waals surface area (Å²) in [6.07, 6.45) is 0. The molecule has 0 radical (unpaired) electrons. The molecule has 0 bridgehead atoms. The fraction of sp³-hybridized carbons (Fsp3) is 0.667. The van der Waals surface area contributed by atoms with Crippen molar-refractivity contribution in [2.24, 2.45) is 0 Å². The third kappa shape index (κ3) is 3.12. The van der Waals surface area contributed by atoms with E-state index in [0.717, 1.165) is 31.3 Å². The topological polar surface area (TPSA) is 27.3 Å². The summed E-state index contributed by atoms with van der Waals surface area (Å²) in [6.45, 7) is 3.61. The number of hydrogen-bond donors (Lipinski definition) is 3. The maximum atomic E-state index is 5.05. The monoisotopic (exact) mass is 221 g/mol. The average molecular weight is 221 g/mol. The Morgan fingerprint density at radius 1 is 1.75 bits per heavy atom. The first kappa shape index (κ1) is 10.0. The fourth-order valence-corrected chi connectivity index (χ4v) is 1.52. The van der Waals surface area contributed by atoms with Crippen LogP contribution in [0.3, 0.4) is 0 Å². The zero-order valence-electron chi connectivity index (χ0n) is 6.54. The molecule has 0 aromatic carbocycles. The summed E-state index contributed by atoms with van der Waals surface area (Å²) in [7, 11) is 0. The first-order valence-corrected chi connectivity index (χ1v) is 4.96. The maximum absolute atomic E-state index is 5.05. The summed E-state index contributed by atoms with van der Waals surface area (Å²) in [5.41, 5.74) is 0. The predicted molar refractivity (Wildman–Crippen MR) is 61.8 cm³/mol. The second-order valence-corrected chi connectivity index (χ2v) is 4.00. The molecule has 2 N–H and O–H groups in total. The van der Waals surface area contributed by atoms with Crippen LogP contribution >= 0.6 is 37.1 Å². The predicted octanol–water partition coefficient (Wildman–Crippen LogP) is -0.0192. The molecule has 0 amide bonds. The zero-order chi connectivity index (χ0) is 8.97. The number of hydrogen-bond acceptors (Lipinski definition) is 2. The van der Waals surface area contributed by atoms with Crippen molar-refractivity contribution >= 4 is 46.5 Å². The van der Waals surface area contributed by atoms with Crippen molar-refractivity contribution in [1.82, 2.24) is 15.5 Å². The van der Waals surface area contributed by atoms with Gasteiger partial charge in [-0.05, 0) is 12.2 Å². The quantitative estimate of drug-likeness (QED) is 0.460. The molecule has 1 fully saturated rings. The Labute approximate surface area is 88.3 Å². The second-order valence-electron chi connectivity index (χ2n) is 2.45. The van der Waals surface area contributed by atoms with Crippen LogP contribution in [0.2, 0.25) is 0 Å². The van der Waals surface area contributed by atoms with Crippen molar-refractivity contribution in [3.63, 3.8) is 0 Å². The Balaban J connectivity index is 2.14. The zero-order valence-corrected chi connectivity index (χ0v) is 9.07. The molecule has 0 aromatic heterocycles. The van der Waals surface area contributed by atoms with Crippen LogP contribution in [0.25, 0.3) is 0 Å². The first-order valence-electron chi connectivity index (χ1n) is 3.70. The SMILES string of the molecule is S=C(S)NCCN1CCNC1=S. The Kier molecular flexibility index (Phi) is 4.03. The molecule has 0 unspecified atom stereocenters. The van der Waals surface area contributed by atoms with Gasteiger partial charge in [0.05, 0.1) is 0 Å². The summed E-state index contributed by atoms with van der Waals surface area (Å²) in [4.78, 5) is 2.11. The number of rotatable bonds is 3. The van der Waals surface area contributed by atoms with E-state index in [1.807, 2.05) is 0 Å². The first-order chi connectivity index (χ1) is 5.70. The minimum atomic E-state index is 0.535. The maximum Gasteiger partial charge on any atom is 0.169 e. The summed E-state index contributed by atoms with van der Waals surface area (Å²) in [5.74, 6) is 0. The number of nitrogens with zero attached hydrogens (tertiary/aromatic N) is 1. The molecule has 68 valence electrons. The third-order valence-corrected chi connectivity index (χ3v) is 2.31. The lowest BCUT2D eigenvalue weighted by molar-refractivity contribution is 0.471. The molecule has 1 aliphatic rings. The Bertz CT molecular complexity index is 194. The molecule has 0 spiro atoms. The highest BCUT2D eigenvalue weighted by Gasteiger charge is 2.14. The summed E-state index contributed by atoms with van der Waals surface area (Å²) in [5, 5.41) is 6.88. The number of thiocarbonyl (C=S) groups is 2. The molecule has 1 rings (SSSR count). The molecular formula is C6H11N3S3. The number of thiol groups is 1. The van der Waals surface area contributed by atoms with Crippen LogP contribution in [0.4, 0.5) is 0 Å². The van der Waals surface area contributed by atoms with E-state index in [0.29, 0.717) is 4.32 Å². The van der Waals surface area contributed by atoms with Gasteiger partial charge in [0.2, 0.25) is 0 Å². The Morgan fingerprint density at radius 3 is 3.00 bits per heavy atom. The van der Waals surface area contributed by atoms with Crippen molar-refractivity contribution < 1.29 is 0 Å². The molecule has 0 aromatic rings. The van der Waals surface area contributed by atoms with Crippen LogP contribution in [0.5, 0.6) is 0 Å². The van der Waals surface area contributed by atoms with Gasteiger partial charge < -0.3 is 15.5 Å². The van der Waals surface area contributed by atoms with E-state index >= 15 is 0 Å². The van der Waals surface area contributed by atoms with Gasteiger partial charge in [-0.3, -0.25) is 0 Å². The third-order valence-electron chi connectivity index (χ3n) is 1.60. The van der Waals surface area contributed by atoms with E-state index in [4.69, 9.17) is 24.4 Å². The lowest BCUT2D eigenvalue weighted by Gasteiger charge is -2.16. The van der Waals surface area contributed by atoms with Crippen molar-refractivity contribution in [3.8, 4) is 0 Å². The minimum Gasteiger partial charge on any atom is -0.369 e. The molecule has 12 heavy (non-hydrogen) atoms. The fourth-order valence-electron chi connectivity index (χ4n) is 1.02. The summed E-state index contributed by atoms with van der Waals surface area (Å²) < 4.78 is 0.535. The van der Waals surface area contributed by atoms with Gasteiger partial charge in [0, 0.05) is 26.2 Å². The number of nitrogens with one attached hydrogen (secondary N) is 2. The van der Waals surface area contributed by atoms with E-state index in [-0.39, 0.29) is 0 Å². The molecular weight excluding hydrogens is 210 g/mol. The van der Waals surface area contributed by atoms with Crippen LogP contribution in [-0.4, -0.2) is 40.5 Å². The van der Waals surface area contributed by atoms with E-state index in [2.05, 4.69) is 28.2 Å². The molecule has 6 heteroatoms. The van der Waals surface area contributed by atoms with Gasteiger partial charge in [-0.15, -0.1) is 12.6 Å². The van der Waals surface area contributed by atoms with Crippen molar-refractivity contribution in [2.45, 2.75) is 0 Å². The van der Waals surface area contributed by atoms with Crippen molar-refractivity contribution in [3.05, 3.63) is 0 Å². The summed E-state index contributed by atoms with van der Waals surface area (Å²) in [6, 6.07) is 0. The molecule has 0 atom stereocenters. The van der Waals surface area contributed by atoms with Crippen LogP contribution in [0.15, 0.2) is 0 Å². The molecule has 0 aliphatic carbocycles. The Hall–Kier alpha value is -0.0700. The van der Waals surface area contributed by atoms with Gasteiger partial charge in [0.25, 0.3) is 0 Å². The highest BCUT2D eigenvalue weighted by molar-refractivity contribution is 8.11. The Morgan fingerprint density at radius 2 is 2.50 bits per heavy atom. The summed E-state index contributed by atoms with van der Waals surface area (Å²) >= 11 is 13.8. The standard InChI is InChI=1S/C6H11N3S3/c10-5-7-1-3-9(5)4-2-8-6(11)12/h1-4H2,(H,7,10)(H2,8,11,12). The van der Waals surface area contributed by atoms with Gasteiger partial charge in [-0.1, -0.05) is 12.2 Å². The molecule has 1 heterocycles. The van der Waals surface area contributed by atoms with E-state index in [9.17, 15) is 0 Å². The van der Waals surface area contributed by atoms with Gasteiger partial charge in [0.1, 0.15) is 4.32 Å². The van der Waals surface area contributed by atoms with Gasteiger partial charge in [-0.25, -0.2) is 0 Å². The van der Waals surface area contributed by atoms with E-state index < -0.39 is 0 Å². The molecule has 3 nitrogen and oxygen atoms in total. The van der Waals surface area contributed by atoms with Gasteiger partial charge >= 0.3 is 0 Å². The van der Waals surface area contributed by atoms with E-state index in [1.54, 1.807) is 0 Å². The van der Waals surface area contributed by atoms with Crippen LogP contribution in [0.1, 0.15) is 0 Å². The smallest absolute Gasteiger partial charge is 0.169 e. The minimum absolute atomic E-state index is 0.535. The van der Waals surface area contributed by atoms with Crippen LogP contribution in [-0.2, 0) is 0 Å². The molecule has 0 saturated carbocycles. The second kappa shape index (κ2) is 4.84. The molecule has 1 aliphatic heterocycles. The van der Waals surface area contributed by atoms with Crippen molar-refractivity contribution in [2.75, 3.05) is 26.2 Å². The van der Waals surface area contributed by atoms with Gasteiger partial charge in [0.15, 0.2) is 5.11 Å². The highest BCUT2D eigenvalue weighted by Crippen LogP contribution is 1.95. The van der Waals surface area contributed by atoms with Crippen LogP contribution in [0, 0.1) is 0 Å². The highest BCUT2D eigenvalue weighted by atomic mass is 32.1. The molecule has 1 saturated heterocycles. The normalized spacial score (nSPS) is 16.1. The lowest BCUT2D eigenvalue weighted by Crippen LogP contribution is -2.35. The largest absolute Gasteiger partial charge is 0.369 e. The lowest BCUT2D eigenvalue weighted by atomic mass is 10.5. The van der Waals surface area contributed by atoms with Gasteiger partial charge in [-0.2, -0.15) is 0 Å². The van der Waals surface area contributed by atoms with E-state index in [1.165, 1.54) is 0 Å². The van der Waals surface area contributed by atoms with Crippen LogP contribution < -0.4 is 10.6 Å². The average Bonchev–Trinajstić information content (AvgIpc) is 2.36. The van der Waals surface area contributed by atoms with Crippen molar-refractivity contribution in [1.29, 1.82) is 0 Å².